The molecule has 3 aliphatic rings. The number of fused-ring (bicyclic) bond motifs is 4. The molecule has 8 heteroatoms. The van der Waals surface area contributed by atoms with Crippen LogP contribution in [0.1, 0.15) is 39.4 Å². The fourth-order valence-corrected chi connectivity index (χ4v) is 4.62. The Balaban J connectivity index is 1.42. The van der Waals surface area contributed by atoms with Crippen LogP contribution in [0.25, 0.3) is 6.08 Å². The van der Waals surface area contributed by atoms with Gasteiger partial charge in [-0.3, -0.25) is 9.59 Å². The van der Waals surface area contributed by atoms with Crippen molar-refractivity contribution in [3.05, 3.63) is 81.6 Å². The zero-order chi connectivity index (χ0) is 23.4. The maximum Gasteiger partial charge on any atom is 0.312 e. The van der Waals surface area contributed by atoms with Crippen LogP contribution in [-0.2, 0) is 4.79 Å². The van der Waals surface area contributed by atoms with Crippen LogP contribution in [0.4, 0.5) is 0 Å². The predicted octanol–water partition coefficient (Wildman–Crippen LogP) is 4.87. The van der Waals surface area contributed by atoms with Crippen LogP contribution in [0.15, 0.2) is 54.3 Å². The van der Waals surface area contributed by atoms with E-state index in [-0.39, 0.29) is 28.7 Å². The zero-order valence-corrected chi connectivity index (χ0v) is 18.4. The number of halogens is 1. The average molecular weight is 477 g/mol. The lowest BCUT2D eigenvalue weighted by molar-refractivity contribution is -0.135. The first-order valence-electron chi connectivity index (χ1n) is 10.7. The maximum absolute atomic E-state index is 13.2. The van der Waals surface area contributed by atoms with Gasteiger partial charge in [-0.2, -0.15) is 0 Å². The summed E-state index contributed by atoms with van der Waals surface area (Å²) in [5, 5.41) is 9.98. The number of hydrogen-bond donors (Lipinski definition) is 1. The summed E-state index contributed by atoms with van der Waals surface area (Å²) in [5.74, 6) is 0.915. The van der Waals surface area contributed by atoms with Crippen LogP contribution < -0.4 is 18.9 Å². The number of hydrogen-bond acceptors (Lipinski definition) is 7. The second-order valence-electron chi connectivity index (χ2n) is 8.14. The summed E-state index contributed by atoms with van der Waals surface area (Å²) in [6.07, 6.45) is 1.69. The van der Waals surface area contributed by atoms with Gasteiger partial charge in [-0.1, -0.05) is 23.7 Å². The molecule has 0 unspecified atom stereocenters. The minimum atomic E-state index is -0.453. The number of carbonyl (C=O) groups is 2. The Hall–Kier alpha value is -3.97. The molecule has 170 valence electrons. The van der Waals surface area contributed by atoms with E-state index in [4.69, 9.17) is 30.5 Å². The van der Waals surface area contributed by atoms with Gasteiger partial charge in [0.15, 0.2) is 17.3 Å². The Morgan fingerprint density at radius 1 is 0.912 bits per heavy atom. The molecule has 3 heterocycles. The first-order valence-corrected chi connectivity index (χ1v) is 11.1. The highest BCUT2D eigenvalue weighted by atomic mass is 35.5. The molecule has 0 bridgehead atoms. The molecule has 6 rings (SSSR count). The van der Waals surface area contributed by atoms with Crippen molar-refractivity contribution in [2.75, 3.05) is 13.2 Å². The second kappa shape index (κ2) is 7.81. The van der Waals surface area contributed by atoms with Crippen molar-refractivity contribution in [1.82, 2.24) is 0 Å². The third-order valence-corrected chi connectivity index (χ3v) is 6.32. The van der Waals surface area contributed by atoms with Gasteiger partial charge in [-0.15, -0.1) is 0 Å². The zero-order valence-electron chi connectivity index (χ0n) is 17.7. The molecule has 0 aromatic heterocycles. The average Bonchev–Trinajstić information content (AvgIpc) is 3.15. The number of ketones is 1. The van der Waals surface area contributed by atoms with E-state index in [9.17, 15) is 14.7 Å². The summed E-state index contributed by atoms with van der Waals surface area (Å²) in [6, 6.07) is 13.4. The van der Waals surface area contributed by atoms with E-state index in [0.717, 1.165) is 5.56 Å². The number of allylic oxidation sites excluding steroid dienone is 1. The third-order valence-electron chi connectivity index (χ3n) is 6.02. The van der Waals surface area contributed by atoms with Gasteiger partial charge in [-0.05, 0) is 53.6 Å². The topological polar surface area (TPSA) is 91.3 Å². The standard InChI is InChI=1S/C26H17ClO7/c27-17-11-14(2-4-18(17)28)16-12-23(29)33-20-6-3-15-25(30)22(34-26(15)24(16)20)10-13-1-5-19-21(9-13)32-8-7-31-19/h1-6,9-11,16,28H,7-8,12H2/b22-10-/t16-/m0/s1. The highest BCUT2D eigenvalue weighted by Gasteiger charge is 2.38. The molecule has 3 aliphatic heterocycles. The molecular formula is C26H17ClO7. The summed E-state index contributed by atoms with van der Waals surface area (Å²) < 4.78 is 22.7. The maximum atomic E-state index is 13.2. The molecule has 0 aliphatic carbocycles. The van der Waals surface area contributed by atoms with Crippen molar-refractivity contribution in [2.45, 2.75) is 12.3 Å². The third kappa shape index (κ3) is 3.36. The number of carbonyl (C=O) groups excluding carboxylic acids is 2. The van der Waals surface area contributed by atoms with Crippen molar-refractivity contribution in [3.63, 3.8) is 0 Å². The Labute approximate surface area is 199 Å². The summed E-state index contributed by atoms with van der Waals surface area (Å²) in [7, 11) is 0. The van der Waals surface area contributed by atoms with Gasteiger partial charge in [0.05, 0.1) is 17.0 Å². The summed E-state index contributed by atoms with van der Waals surface area (Å²) in [6.45, 7) is 0.953. The van der Waals surface area contributed by atoms with Gasteiger partial charge < -0.3 is 24.1 Å². The lowest BCUT2D eigenvalue weighted by atomic mass is 9.84. The van der Waals surface area contributed by atoms with Gasteiger partial charge in [0.2, 0.25) is 5.78 Å². The van der Waals surface area contributed by atoms with E-state index in [1.54, 1.807) is 42.5 Å². The fraction of sp³-hybridized carbons (Fsp3) is 0.154. The van der Waals surface area contributed by atoms with Crippen molar-refractivity contribution < 1.29 is 33.6 Å². The van der Waals surface area contributed by atoms with E-state index in [2.05, 4.69) is 0 Å². The molecule has 3 aromatic rings. The monoisotopic (exact) mass is 476 g/mol. The van der Waals surface area contributed by atoms with Crippen LogP contribution in [0.2, 0.25) is 5.02 Å². The lowest BCUT2D eigenvalue weighted by Gasteiger charge is -2.26. The van der Waals surface area contributed by atoms with Gasteiger partial charge in [-0.25, -0.2) is 0 Å². The number of aromatic hydroxyl groups is 1. The van der Waals surface area contributed by atoms with Crippen LogP contribution in [-0.4, -0.2) is 30.1 Å². The Bertz CT molecular complexity index is 1410. The number of benzene rings is 3. The fourth-order valence-electron chi connectivity index (χ4n) is 4.43. The molecule has 7 nitrogen and oxygen atoms in total. The highest BCUT2D eigenvalue weighted by molar-refractivity contribution is 6.32. The number of Topliss-reactive ketones (excluding diaryl/α,β-unsaturated/α-hetero) is 1. The molecular weight excluding hydrogens is 460 g/mol. The number of ether oxygens (including phenoxy) is 4. The minimum Gasteiger partial charge on any atom is -0.506 e. The van der Waals surface area contributed by atoms with E-state index in [1.807, 2.05) is 6.07 Å². The normalized spacial score (nSPS) is 19.3. The van der Waals surface area contributed by atoms with E-state index < -0.39 is 11.9 Å². The quantitative estimate of drug-likeness (QED) is 0.320. The van der Waals surface area contributed by atoms with Gasteiger partial charge in [0.25, 0.3) is 0 Å². The number of esters is 1. The smallest absolute Gasteiger partial charge is 0.312 e. The first kappa shape index (κ1) is 20.6. The van der Waals surface area contributed by atoms with Gasteiger partial charge >= 0.3 is 5.97 Å². The van der Waals surface area contributed by atoms with Gasteiger partial charge in [0.1, 0.15) is 30.5 Å². The molecule has 0 saturated carbocycles. The largest absolute Gasteiger partial charge is 0.506 e. The lowest BCUT2D eigenvalue weighted by Crippen LogP contribution is -2.21. The SMILES string of the molecule is O=C1C[C@@H](c2ccc(O)c(Cl)c2)c2c(ccc3c2O/C(=C\c2ccc4c(c2)OCCO4)C3=O)O1. The van der Waals surface area contributed by atoms with Crippen molar-refractivity contribution in [3.8, 4) is 28.7 Å². The first-order chi connectivity index (χ1) is 16.5. The molecule has 1 atom stereocenters. The molecule has 34 heavy (non-hydrogen) atoms. The Kier molecular flexibility index (Phi) is 4.74. The number of phenolic OH excluding ortho intramolecular Hbond substituents is 1. The molecule has 0 amide bonds. The van der Waals surface area contributed by atoms with Gasteiger partial charge in [0, 0.05) is 11.5 Å². The number of rotatable bonds is 2. The summed E-state index contributed by atoms with van der Waals surface area (Å²) in [5.41, 5.74) is 2.41. The van der Waals surface area contributed by atoms with E-state index in [0.29, 0.717) is 52.9 Å². The Morgan fingerprint density at radius 3 is 2.53 bits per heavy atom. The Morgan fingerprint density at radius 2 is 1.71 bits per heavy atom. The van der Waals surface area contributed by atoms with Crippen LogP contribution >= 0.6 is 11.6 Å². The van der Waals surface area contributed by atoms with Crippen LogP contribution in [0.3, 0.4) is 0 Å². The molecule has 3 aromatic carbocycles. The second-order valence-corrected chi connectivity index (χ2v) is 8.55. The minimum absolute atomic E-state index is 0.0450. The summed E-state index contributed by atoms with van der Waals surface area (Å²) >= 11 is 6.12. The van der Waals surface area contributed by atoms with E-state index >= 15 is 0 Å². The summed E-state index contributed by atoms with van der Waals surface area (Å²) in [4.78, 5) is 25.5. The van der Waals surface area contributed by atoms with Crippen LogP contribution in [0, 0.1) is 0 Å². The molecule has 1 N–H and O–H groups in total. The van der Waals surface area contributed by atoms with Crippen LogP contribution in [0.5, 0.6) is 28.7 Å². The predicted molar refractivity (Wildman–Crippen MR) is 122 cm³/mol. The van der Waals surface area contributed by atoms with E-state index in [1.165, 1.54) is 6.07 Å². The molecule has 0 saturated heterocycles. The molecule has 0 spiro atoms. The van der Waals surface area contributed by atoms with Crippen molar-refractivity contribution in [2.24, 2.45) is 0 Å². The van der Waals surface area contributed by atoms with Crippen molar-refractivity contribution >= 4 is 29.4 Å². The number of phenols is 1. The molecule has 0 radical (unpaired) electrons. The van der Waals surface area contributed by atoms with Crippen molar-refractivity contribution in [1.29, 1.82) is 0 Å². The molecule has 0 fully saturated rings. The highest BCUT2D eigenvalue weighted by Crippen LogP contribution is 2.49.